The van der Waals surface area contributed by atoms with E-state index in [0.29, 0.717) is 24.4 Å². The van der Waals surface area contributed by atoms with Crippen molar-refractivity contribution in [2.24, 2.45) is 7.05 Å². The molecule has 37 heavy (non-hydrogen) atoms. The Balaban J connectivity index is 1.30. The Labute approximate surface area is 218 Å². The molecule has 1 aliphatic heterocycles. The molecule has 3 aromatic rings. The second-order valence-corrected chi connectivity index (χ2v) is 13.3. The van der Waals surface area contributed by atoms with Gasteiger partial charge < -0.3 is 14.8 Å². The molecule has 1 saturated carbocycles. The standard InChI is InChI=1S/C23H27ClN8O4S/c1-22(2,21-27-29-30(3)28-21)37(35,36)23(8-9-23)14-31-10-11-32-17(20(31)34)13-25-18(32)19(33)26-12-15-4-6-16(24)7-5-15/h4-7,13H,8-12,14H2,1-3H3,(H,26,33). The molecule has 0 spiro atoms. The second kappa shape index (κ2) is 8.91. The van der Waals surface area contributed by atoms with E-state index < -0.39 is 25.2 Å². The molecule has 0 unspecified atom stereocenters. The molecule has 3 heterocycles. The van der Waals surface area contributed by atoms with E-state index in [1.165, 1.54) is 15.9 Å². The summed E-state index contributed by atoms with van der Waals surface area (Å²) in [6.07, 6.45) is 2.26. The minimum Gasteiger partial charge on any atom is -0.345 e. The number of imidazole rings is 1. The average Bonchev–Trinajstić information content (AvgIpc) is 3.30. The van der Waals surface area contributed by atoms with Crippen molar-refractivity contribution in [2.45, 2.75) is 49.3 Å². The van der Waals surface area contributed by atoms with E-state index in [1.807, 2.05) is 12.1 Å². The summed E-state index contributed by atoms with van der Waals surface area (Å²) in [7, 11) is -2.20. The zero-order chi connectivity index (χ0) is 26.6. The first kappa shape index (κ1) is 25.3. The minimum absolute atomic E-state index is 0.0567. The number of fused-ring (bicyclic) bond motifs is 1. The van der Waals surface area contributed by atoms with E-state index in [4.69, 9.17) is 11.6 Å². The van der Waals surface area contributed by atoms with Crippen LogP contribution in [-0.4, -0.2) is 72.7 Å². The number of tetrazole rings is 1. The summed E-state index contributed by atoms with van der Waals surface area (Å²) in [6.45, 7) is 4.08. The second-order valence-electron chi connectivity index (χ2n) is 9.95. The van der Waals surface area contributed by atoms with Gasteiger partial charge in [0.2, 0.25) is 0 Å². The van der Waals surface area contributed by atoms with Crippen LogP contribution in [0.2, 0.25) is 5.02 Å². The third-order valence-corrected chi connectivity index (χ3v) is 10.6. The van der Waals surface area contributed by atoms with Gasteiger partial charge in [0.1, 0.15) is 10.4 Å². The van der Waals surface area contributed by atoms with Gasteiger partial charge in [-0.3, -0.25) is 9.59 Å². The predicted molar refractivity (Wildman–Crippen MR) is 133 cm³/mol. The molecule has 0 atom stereocenters. The van der Waals surface area contributed by atoms with Crippen LogP contribution in [0.3, 0.4) is 0 Å². The first-order valence-electron chi connectivity index (χ1n) is 11.8. The van der Waals surface area contributed by atoms with Crippen LogP contribution >= 0.6 is 11.6 Å². The Hall–Kier alpha value is -3.32. The van der Waals surface area contributed by atoms with Crippen molar-refractivity contribution in [1.82, 2.24) is 40.0 Å². The molecule has 1 aromatic carbocycles. The number of nitrogens with zero attached hydrogens (tertiary/aromatic N) is 7. The van der Waals surface area contributed by atoms with Crippen LogP contribution in [0.5, 0.6) is 0 Å². The highest BCUT2D eigenvalue weighted by Gasteiger charge is 2.62. The van der Waals surface area contributed by atoms with Crippen molar-refractivity contribution in [2.75, 3.05) is 13.1 Å². The van der Waals surface area contributed by atoms with E-state index >= 15 is 0 Å². The third-order valence-electron chi connectivity index (χ3n) is 7.10. The molecule has 1 fully saturated rings. The van der Waals surface area contributed by atoms with Crippen molar-refractivity contribution in [3.63, 3.8) is 0 Å². The van der Waals surface area contributed by atoms with Crippen LogP contribution in [-0.2, 0) is 34.7 Å². The fourth-order valence-electron chi connectivity index (χ4n) is 4.64. The maximum atomic E-state index is 13.7. The molecular weight excluding hydrogens is 520 g/mol. The molecule has 1 N–H and O–H groups in total. The SMILES string of the molecule is Cn1nnc(C(C)(C)S(=O)(=O)C2(CN3CCn4c(cnc4C(=O)NCc4ccc(Cl)cc4)C3=O)CC2)n1. The number of carbonyl (C=O) groups is 2. The molecule has 0 saturated heterocycles. The summed E-state index contributed by atoms with van der Waals surface area (Å²) in [5.74, 6) is -0.492. The van der Waals surface area contributed by atoms with Gasteiger partial charge >= 0.3 is 0 Å². The lowest BCUT2D eigenvalue weighted by Crippen LogP contribution is -2.50. The van der Waals surface area contributed by atoms with Crippen molar-refractivity contribution in [3.05, 3.63) is 58.4 Å². The smallest absolute Gasteiger partial charge is 0.287 e. The van der Waals surface area contributed by atoms with Crippen molar-refractivity contribution in [1.29, 1.82) is 0 Å². The normalized spacial score (nSPS) is 17.0. The molecule has 196 valence electrons. The van der Waals surface area contributed by atoms with Gasteiger partial charge in [0.25, 0.3) is 11.8 Å². The Kier molecular flexibility index (Phi) is 6.10. The van der Waals surface area contributed by atoms with Crippen LogP contribution in [0, 0.1) is 0 Å². The number of benzene rings is 1. The summed E-state index contributed by atoms with van der Waals surface area (Å²) in [4.78, 5) is 33.0. The zero-order valence-electron chi connectivity index (χ0n) is 20.7. The molecule has 2 aromatic heterocycles. The number of sulfone groups is 1. The number of hydrogen-bond acceptors (Lipinski definition) is 8. The van der Waals surface area contributed by atoms with Gasteiger partial charge in [0.05, 0.1) is 18.0 Å². The topological polar surface area (TPSA) is 145 Å². The highest BCUT2D eigenvalue weighted by molar-refractivity contribution is 7.94. The molecule has 0 radical (unpaired) electrons. The molecule has 1 aliphatic carbocycles. The van der Waals surface area contributed by atoms with Gasteiger partial charge in [-0.15, -0.1) is 10.2 Å². The highest BCUT2D eigenvalue weighted by Crippen LogP contribution is 2.51. The van der Waals surface area contributed by atoms with Crippen molar-refractivity contribution < 1.29 is 18.0 Å². The maximum absolute atomic E-state index is 13.7. The first-order chi connectivity index (χ1) is 17.4. The van der Waals surface area contributed by atoms with E-state index in [9.17, 15) is 18.0 Å². The molecule has 2 amide bonds. The number of aromatic nitrogens is 6. The van der Waals surface area contributed by atoms with Gasteiger partial charge in [0, 0.05) is 31.2 Å². The quantitative estimate of drug-likeness (QED) is 0.445. The van der Waals surface area contributed by atoms with Gasteiger partial charge in [-0.05, 0) is 49.6 Å². The Morgan fingerprint density at radius 3 is 2.51 bits per heavy atom. The Bertz CT molecular complexity index is 1470. The lowest BCUT2D eigenvalue weighted by Gasteiger charge is -2.34. The van der Waals surface area contributed by atoms with Crippen LogP contribution in [0.15, 0.2) is 30.5 Å². The molecular formula is C23H27ClN8O4S. The number of nitrogens with one attached hydrogen (secondary N) is 1. The van der Waals surface area contributed by atoms with Crippen LogP contribution in [0.25, 0.3) is 0 Å². The van der Waals surface area contributed by atoms with Crippen molar-refractivity contribution >= 4 is 33.3 Å². The molecule has 14 heteroatoms. The zero-order valence-corrected chi connectivity index (χ0v) is 22.3. The first-order valence-corrected chi connectivity index (χ1v) is 13.7. The summed E-state index contributed by atoms with van der Waals surface area (Å²) in [5, 5.41) is 15.2. The van der Waals surface area contributed by atoms with E-state index in [-0.39, 0.29) is 42.9 Å². The van der Waals surface area contributed by atoms with Gasteiger partial charge in [0.15, 0.2) is 21.5 Å². The van der Waals surface area contributed by atoms with Crippen LogP contribution in [0.4, 0.5) is 0 Å². The molecule has 12 nitrogen and oxygen atoms in total. The number of carbonyl (C=O) groups excluding carboxylic acids is 2. The summed E-state index contributed by atoms with van der Waals surface area (Å²) in [5.41, 5.74) is 1.13. The van der Waals surface area contributed by atoms with Crippen molar-refractivity contribution in [3.8, 4) is 0 Å². The molecule has 2 aliphatic rings. The van der Waals surface area contributed by atoms with E-state index in [2.05, 4.69) is 25.7 Å². The summed E-state index contributed by atoms with van der Waals surface area (Å²) in [6, 6.07) is 7.11. The Morgan fingerprint density at radius 2 is 1.89 bits per heavy atom. The molecule has 5 rings (SSSR count). The number of amides is 2. The highest BCUT2D eigenvalue weighted by atomic mass is 35.5. The largest absolute Gasteiger partial charge is 0.345 e. The van der Waals surface area contributed by atoms with Crippen LogP contribution < -0.4 is 5.32 Å². The lowest BCUT2D eigenvalue weighted by molar-refractivity contribution is 0.0698. The van der Waals surface area contributed by atoms with Gasteiger partial charge in [-0.2, -0.15) is 4.80 Å². The number of aryl methyl sites for hydroxylation is 1. The maximum Gasteiger partial charge on any atom is 0.287 e. The fraction of sp³-hybridized carbons (Fsp3) is 0.478. The lowest BCUT2D eigenvalue weighted by atomic mass is 10.2. The van der Waals surface area contributed by atoms with Crippen LogP contribution in [0.1, 0.15) is 59.2 Å². The van der Waals surface area contributed by atoms with E-state index in [0.717, 1.165) is 5.56 Å². The summed E-state index contributed by atoms with van der Waals surface area (Å²) < 4.78 is 26.6. The summed E-state index contributed by atoms with van der Waals surface area (Å²) >= 11 is 5.90. The number of hydrogen-bond donors (Lipinski definition) is 1. The average molecular weight is 547 g/mol. The van der Waals surface area contributed by atoms with E-state index in [1.54, 1.807) is 37.6 Å². The molecule has 0 bridgehead atoms. The fourth-order valence-corrected chi connectivity index (χ4v) is 7.13. The van der Waals surface area contributed by atoms with Gasteiger partial charge in [-0.25, -0.2) is 13.4 Å². The van der Waals surface area contributed by atoms with Gasteiger partial charge in [-0.1, -0.05) is 23.7 Å². The number of rotatable bonds is 8. The minimum atomic E-state index is -3.78. The third kappa shape index (κ3) is 4.29. The monoisotopic (exact) mass is 546 g/mol. The Morgan fingerprint density at radius 1 is 1.19 bits per heavy atom. The number of halogens is 1. The predicted octanol–water partition coefficient (Wildman–Crippen LogP) is 1.33.